The van der Waals surface area contributed by atoms with Gasteiger partial charge in [-0.3, -0.25) is 76.2 Å². The van der Waals surface area contributed by atoms with Crippen LogP contribution in [0.5, 0.6) is 0 Å². The number of ketones is 2. The van der Waals surface area contributed by atoms with Crippen molar-refractivity contribution in [3.8, 4) is 0 Å². The number of aromatic nitrogens is 1. The van der Waals surface area contributed by atoms with Crippen molar-refractivity contribution in [1.82, 2.24) is 47.1 Å². The molecule has 1 unspecified atom stereocenters. The first kappa shape index (κ1) is 122. The maximum absolute atomic E-state index is 13.8. The van der Waals surface area contributed by atoms with Gasteiger partial charge in [-0.05, 0) is 69.4 Å². The molecule has 39 nitrogen and oxygen atoms in total. The lowest BCUT2D eigenvalue weighted by Gasteiger charge is -2.29. The van der Waals surface area contributed by atoms with E-state index < -0.39 is 215 Å². The van der Waals surface area contributed by atoms with Crippen LogP contribution < -0.4 is 43.0 Å². The molecule has 776 valence electrons. The van der Waals surface area contributed by atoms with E-state index in [4.69, 9.17) is 43.2 Å². The van der Waals surface area contributed by atoms with Crippen molar-refractivity contribution < 1.29 is 136 Å². The molecule has 12 N–H and O–H groups in total. The van der Waals surface area contributed by atoms with Crippen LogP contribution in [0.2, 0.25) is 0 Å². The number of Topliss-reactive ketones (excluding diaryl/α,β-unsaturated/α-hetero) is 2. The molecule has 0 bridgehead atoms. The smallest absolute Gasteiger partial charge is 0.472 e. The zero-order valence-corrected chi connectivity index (χ0v) is 83.3. The van der Waals surface area contributed by atoms with Crippen LogP contribution >= 0.6 is 7.82 Å². The predicted octanol–water partition coefficient (Wildman–Crippen LogP) is 8.58. The summed E-state index contributed by atoms with van der Waals surface area (Å²) in [6, 6.07) is 5.07. The van der Waals surface area contributed by atoms with Crippen molar-refractivity contribution in [2.24, 2.45) is 17.6 Å². The molecule has 1 aliphatic rings. The van der Waals surface area contributed by atoms with Crippen molar-refractivity contribution in [3.05, 3.63) is 36.0 Å². The number of nitrogens with zero attached hydrogens (tertiary/aromatic N) is 1. The molecule has 136 heavy (non-hydrogen) atoms. The SMILES string of the molecule is CCCCCCCCCCCCCCCC(=O)OC[C@H](COP(=O)(O)OCCNC(=O)CCS(=O)(=O)CCCS(=O)(=O)CCC(=O)NCCOCCOCC(=O)NCCOCCOCC(=O)NCCCC[C@H](CC(=O)CNC(=O)CCC(=O)CNC(=O)[C@@H]1CCCN1C(=O)[C@H](CC(=O)O)NC(=O)[C@@H](CC)Cc1c[nH]c2ccccc12)C(N)=O)OC(=O)CCCCCCCCCCCCCCC. The number of nitrogens with one attached hydrogen (secondary N) is 8. The fourth-order valence-electron chi connectivity index (χ4n) is 15.1. The van der Waals surface area contributed by atoms with Gasteiger partial charge in [-0.25, -0.2) is 21.4 Å². The molecule has 1 aromatic heterocycles. The van der Waals surface area contributed by atoms with Crippen LogP contribution in [0, 0.1) is 11.8 Å². The largest absolute Gasteiger partial charge is 0.481 e. The predicted molar refractivity (Wildman–Crippen MR) is 511 cm³/mol. The van der Waals surface area contributed by atoms with Gasteiger partial charge in [0.1, 0.15) is 31.9 Å². The molecule has 1 aliphatic heterocycles. The number of phosphoric ester groups is 1. The van der Waals surface area contributed by atoms with E-state index in [2.05, 4.69) is 56.0 Å². The van der Waals surface area contributed by atoms with Crippen LogP contribution in [0.4, 0.5) is 0 Å². The Hall–Kier alpha value is -8.41. The van der Waals surface area contributed by atoms with Gasteiger partial charge in [0.05, 0.1) is 95.4 Å². The molecule has 0 spiro atoms. The molecule has 0 radical (unpaired) electrons. The molecule has 1 fully saturated rings. The van der Waals surface area contributed by atoms with E-state index in [1.54, 1.807) is 0 Å². The second-order valence-corrected chi connectivity index (χ2v) is 40.7. The second kappa shape index (κ2) is 74.6. The van der Waals surface area contributed by atoms with Crippen LogP contribution in [-0.2, 0) is 135 Å². The number of para-hydroxylation sites is 1. The highest BCUT2D eigenvalue weighted by molar-refractivity contribution is 7.92. The fraction of sp³-hybridized carbons (Fsp3) is 0.766. The minimum absolute atomic E-state index is 0.0343. The summed E-state index contributed by atoms with van der Waals surface area (Å²) in [6.45, 7) is 3.85. The Morgan fingerprint density at radius 2 is 0.993 bits per heavy atom. The number of aromatic amines is 1. The Morgan fingerprint density at radius 3 is 1.53 bits per heavy atom. The molecule has 42 heteroatoms. The number of fused-ring (bicyclic) bond motifs is 1. The molecule has 2 heterocycles. The average molecular weight is 1990 g/mol. The highest BCUT2D eigenvalue weighted by atomic mass is 32.2. The Balaban J connectivity index is 1.16. The monoisotopic (exact) mass is 1990 g/mol. The number of esters is 2. The Labute approximate surface area is 803 Å². The quantitative estimate of drug-likeness (QED) is 0.0168. The molecule has 9 amide bonds. The van der Waals surface area contributed by atoms with Crippen molar-refractivity contribution >= 4 is 121 Å². The maximum Gasteiger partial charge on any atom is 0.472 e. The number of phosphoric acid groups is 1. The van der Waals surface area contributed by atoms with Crippen molar-refractivity contribution in [2.75, 3.05) is 142 Å². The summed E-state index contributed by atoms with van der Waals surface area (Å²) >= 11 is 0. The zero-order chi connectivity index (χ0) is 99.9. The number of benzene rings is 1. The summed E-state index contributed by atoms with van der Waals surface area (Å²) in [5.74, 6) is -12.6. The first-order valence-electron chi connectivity index (χ1n) is 49.3. The van der Waals surface area contributed by atoms with Crippen molar-refractivity contribution in [1.29, 1.82) is 0 Å². The van der Waals surface area contributed by atoms with Gasteiger partial charge in [-0.1, -0.05) is 199 Å². The summed E-state index contributed by atoms with van der Waals surface area (Å²) in [7, 11) is -12.6. The first-order valence-corrected chi connectivity index (χ1v) is 54.4. The third-order valence-corrected chi connectivity index (χ3v) is 27.4. The van der Waals surface area contributed by atoms with Gasteiger partial charge in [-0.2, -0.15) is 0 Å². The Morgan fingerprint density at radius 1 is 0.500 bits per heavy atom. The number of hydrogen-bond donors (Lipinski definition) is 11. The number of carboxylic acid groups (broad SMARTS) is 1. The summed E-state index contributed by atoms with van der Waals surface area (Å²) in [5, 5.41) is 28.4. The highest BCUT2D eigenvalue weighted by Gasteiger charge is 2.40. The number of primary amides is 1. The van der Waals surface area contributed by atoms with Gasteiger partial charge >= 0.3 is 25.7 Å². The molecule has 0 saturated carbocycles. The summed E-state index contributed by atoms with van der Waals surface area (Å²) in [5.41, 5.74) is 7.34. The number of H-pyrrole nitrogens is 1. The number of nitrogens with two attached hydrogens (primary N) is 1. The standard InChI is InChI=1S/C94H159N10O29PS2/c1-4-7-9-11-13-15-17-19-21-23-25-27-29-41-89(114)130-69-78(133-90(115)42-30-28-26-24-22-20-18-16-14-12-10-8-5-2)70-132-134(120,121)131-54-50-98-85(109)46-62-136(124,125)60-36-59-135(122,123)61-45-84(108)97-48-52-126-55-58-129-72-87(111)99-49-53-127-56-57-128-71-86(110)96-47-34-33-37-74(91(95)116)64-77(106)68-101-83(107)44-43-76(105)67-102-93(118)82-40-35-51-104(82)94(119)81(65-88(112)113)103-92(117)73(6-3)63-75-66-100-80-39-32-31-38-79(75)80/h31-32,38-39,66,73-74,78,81-82,100H,4-30,33-37,40-65,67-72H2,1-3H3,(H2,95,116)(H,96,110)(H,97,108)(H,98,109)(H,99,111)(H,101,107)(H,102,118)(H,103,117)(H,112,113)(H,120,121)/t73-,74+,78+,81-,82-/m0/s1. The molecular weight excluding hydrogens is 1830 g/mol. The summed E-state index contributed by atoms with van der Waals surface area (Å²) in [6.07, 6.45) is 30.1. The number of amides is 9. The van der Waals surface area contributed by atoms with E-state index in [-0.39, 0.29) is 137 Å². The third-order valence-electron chi connectivity index (χ3n) is 22.9. The van der Waals surface area contributed by atoms with Crippen LogP contribution in [0.25, 0.3) is 10.9 Å². The van der Waals surface area contributed by atoms with Crippen molar-refractivity contribution in [2.45, 2.75) is 309 Å². The molecule has 0 aliphatic carbocycles. The van der Waals surface area contributed by atoms with Gasteiger partial charge in [0.15, 0.2) is 37.3 Å². The number of hydrogen-bond acceptors (Lipinski definition) is 27. The third kappa shape index (κ3) is 61.8. The van der Waals surface area contributed by atoms with E-state index in [1.807, 2.05) is 37.4 Å². The summed E-state index contributed by atoms with van der Waals surface area (Å²) < 4.78 is 106. The van der Waals surface area contributed by atoms with Gasteiger partial charge in [0, 0.05) is 107 Å². The minimum atomic E-state index is -4.81. The molecule has 2 aromatic rings. The Bertz CT molecular complexity index is 4140. The molecule has 1 saturated heterocycles. The number of ether oxygens (including phenoxy) is 6. The van der Waals surface area contributed by atoms with E-state index in [0.29, 0.717) is 44.9 Å². The van der Waals surface area contributed by atoms with Crippen LogP contribution in [-0.4, -0.2) is 279 Å². The van der Waals surface area contributed by atoms with Crippen molar-refractivity contribution in [3.63, 3.8) is 0 Å². The number of carboxylic acids is 1. The lowest BCUT2D eigenvalue weighted by molar-refractivity contribution is -0.161. The number of sulfone groups is 2. The number of rotatable bonds is 88. The zero-order valence-electron chi connectivity index (χ0n) is 80.7. The number of likely N-dealkylation sites (tertiary alicyclic amines) is 1. The average Bonchev–Trinajstić information content (AvgIpc) is 1.72. The second-order valence-electron chi connectivity index (χ2n) is 34.7. The molecule has 3 rings (SSSR count). The van der Waals surface area contributed by atoms with Gasteiger partial charge in [-0.15, -0.1) is 0 Å². The van der Waals surface area contributed by atoms with Gasteiger partial charge in [0.25, 0.3) is 0 Å². The van der Waals surface area contributed by atoms with Gasteiger partial charge < -0.3 is 91.3 Å². The normalized spacial score (nSPS) is 14.0. The first-order chi connectivity index (χ1) is 65.3. The molecule has 1 aromatic carbocycles. The number of carbonyl (C=O) groups is 14. The molecule has 6 atom stereocenters. The number of aliphatic carboxylic acids is 1. The van der Waals surface area contributed by atoms with Crippen LogP contribution in [0.1, 0.15) is 290 Å². The van der Waals surface area contributed by atoms with Gasteiger partial charge in [0.2, 0.25) is 53.2 Å². The highest BCUT2D eigenvalue weighted by Crippen LogP contribution is 2.43. The lowest BCUT2D eigenvalue weighted by atomic mass is 9.95. The fourth-order valence-corrected chi connectivity index (χ4v) is 18.6. The number of unbranched alkanes of at least 4 members (excludes halogenated alkanes) is 25. The minimum Gasteiger partial charge on any atom is -0.481 e. The van der Waals surface area contributed by atoms with Crippen LogP contribution in [0.3, 0.4) is 0 Å². The number of carbonyl (C=O) groups excluding carboxylic acids is 13. The summed E-state index contributed by atoms with van der Waals surface area (Å²) in [4.78, 5) is 193. The van der Waals surface area contributed by atoms with E-state index in [1.165, 1.54) is 108 Å². The Kier molecular flexibility index (Phi) is 66.8. The van der Waals surface area contributed by atoms with E-state index >= 15 is 0 Å². The molecular formula is C94H159N10O29PS2. The maximum atomic E-state index is 13.8. The lowest BCUT2D eigenvalue weighted by Crippen LogP contribution is -2.55. The van der Waals surface area contributed by atoms with Crippen LogP contribution in [0.15, 0.2) is 30.5 Å². The van der Waals surface area contributed by atoms with E-state index in [9.17, 15) is 98.5 Å². The topological polar surface area (TPSA) is 568 Å². The van der Waals surface area contributed by atoms with E-state index in [0.717, 1.165) is 67.8 Å².